The zero-order chi connectivity index (χ0) is 9.97. The lowest BCUT2D eigenvalue weighted by molar-refractivity contribution is -0.119. The lowest BCUT2D eigenvalue weighted by Crippen LogP contribution is -2.18. The van der Waals surface area contributed by atoms with Gasteiger partial charge in [0, 0.05) is 32.1 Å². The van der Waals surface area contributed by atoms with Gasteiger partial charge in [-0.2, -0.15) is 0 Å². The molecule has 0 saturated carbocycles. The number of carbonyl (C=O) groups excluding carboxylic acids is 1. The zero-order valence-electron chi connectivity index (χ0n) is 7.90. The first-order chi connectivity index (χ1) is 6.75. The number of hydrogen-bond donors (Lipinski definition) is 1. The average molecular weight is 189 g/mol. The third-order valence-corrected chi connectivity index (χ3v) is 2.00. The molecule has 0 bridgehead atoms. The first kappa shape index (κ1) is 8.74. The Bertz CT molecular complexity index is 428. The average Bonchev–Trinajstić information content (AvgIpc) is 2.57. The highest BCUT2D eigenvalue weighted by Gasteiger charge is 1.99. The molecule has 0 fully saturated rings. The minimum Gasteiger partial charge on any atom is -0.352 e. The van der Waals surface area contributed by atoms with Crippen molar-refractivity contribution < 1.29 is 4.79 Å². The number of nitrogens with zero attached hydrogens (tertiary/aromatic N) is 2. The Morgan fingerprint density at radius 2 is 2.50 bits per heavy atom. The van der Waals surface area contributed by atoms with Gasteiger partial charge in [0.25, 0.3) is 0 Å². The van der Waals surface area contributed by atoms with Crippen LogP contribution in [0.15, 0.2) is 30.9 Å². The van der Waals surface area contributed by atoms with Crippen LogP contribution in [-0.4, -0.2) is 15.3 Å². The van der Waals surface area contributed by atoms with Crippen molar-refractivity contribution in [2.24, 2.45) is 0 Å². The quantitative estimate of drug-likeness (QED) is 0.765. The highest BCUT2D eigenvalue weighted by Crippen LogP contribution is 2.07. The number of aromatic nitrogens is 2. The van der Waals surface area contributed by atoms with E-state index in [4.69, 9.17) is 0 Å². The van der Waals surface area contributed by atoms with Gasteiger partial charge in [-0.15, -0.1) is 0 Å². The van der Waals surface area contributed by atoms with Crippen molar-refractivity contribution >= 4 is 11.4 Å². The van der Waals surface area contributed by atoms with Gasteiger partial charge in [0.1, 0.15) is 0 Å². The van der Waals surface area contributed by atoms with Gasteiger partial charge in [0.15, 0.2) is 0 Å². The summed E-state index contributed by atoms with van der Waals surface area (Å²) < 4.78 is 1.98. The summed E-state index contributed by atoms with van der Waals surface area (Å²) in [4.78, 5) is 14.7. The van der Waals surface area contributed by atoms with Crippen LogP contribution < -0.4 is 5.32 Å². The number of hydrogen-bond acceptors (Lipinski definition) is 2. The third kappa shape index (κ3) is 1.74. The SMILES string of the molecule is CC(=O)NCc1cc2cnccn2c1. The Hall–Kier alpha value is -1.84. The van der Waals surface area contributed by atoms with E-state index < -0.39 is 0 Å². The third-order valence-electron chi connectivity index (χ3n) is 2.00. The molecule has 2 aromatic heterocycles. The molecule has 0 aliphatic rings. The van der Waals surface area contributed by atoms with Crippen LogP contribution >= 0.6 is 0 Å². The summed E-state index contributed by atoms with van der Waals surface area (Å²) in [6.07, 6.45) is 7.38. The van der Waals surface area contributed by atoms with Crippen molar-refractivity contribution in [3.8, 4) is 0 Å². The van der Waals surface area contributed by atoms with E-state index in [-0.39, 0.29) is 5.91 Å². The first-order valence-corrected chi connectivity index (χ1v) is 4.41. The molecular formula is C10H11N3O. The second-order valence-corrected chi connectivity index (χ2v) is 3.17. The fraction of sp³-hybridized carbons (Fsp3) is 0.200. The predicted octanol–water partition coefficient (Wildman–Crippen LogP) is 0.970. The van der Waals surface area contributed by atoms with Crippen LogP contribution in [0.4, 0.5) is 0 Å². The molecule has 0 unspecified atom stereocenters. The number of fused-ring (bicyclic) bond motifs is 1. The molecule has 0 aliphatic carbocycles. The highest BCUT2D eigenvalue weighted by atomic mass is 16.1. The Morgan fingerprint density at radius 1 is 1.64 bits per heavy atom. The summed E-state index contributed by atoms with van der Waals surface area (Å²) in [7, 11) is 0. The van der Waals surface area contributed by atoms with Crippen LogP contribution in [0.3, 0.4) is 0 Å². The Morgan fingerprint density at radius 3 is 3.21 bits per heavy atom. The van der Waals surface area contributed by atoms with Crippen LogP contribution in [0.2, 0.25) is 0 Å². The minimum atomic E-state index is -0.0154. The summed E-state index contributed by atoms with van der Waals surface area (Å²) in [6, 6.07) is 2.00. The van der Waals surface area contributed by atoms with Crippen molar-refractivity contribution in [3.63, 3.8) is 0 Å². The number of carbonyl (C=O) groups is 1. The Balaban J connectivity index is 2.22. The van der Waals surface area contributed by atoms with E-state index in [1.165, 1.54) is 6.92 Å². The van der Waals surface area contributed by atoms with Gasteiger partial charge < -0.3 is 9.72 Å². The molecule has 1 amide bonds. The molecule has 2 rings (SSSR count). The van der Waals surface area contributed by atoms with Crippen molar-refractivity contribution in [3.05, 3.63) is 36.4 Å². The maximum Gasteiger partial charge on any atom is 0.217 e. The summed E-state index contributed by atoms with van der Waals surface area (Å²) >= 11 is 0. The molecule has 4 heteroatoms. The standard InChI is InChI=1S/C10H11N3O/c1-8(14)12-5-9-4-10-6-11-2-3-13(10)7-9/h2-4,6-7H,5H2,1H3,(H,12,14). The maximum absolute atomic E-state index is 10.7. The number of amides is 1. The smallest absolute Gasteiger partial charge is 0.217 e. The van der Waals surface area contributed by atoms with Gasteiger partial charge in [-0.05, 0) is 11.6 Å². The minimum absolute atomic E-state index is 0.0154. The second-order valence-electron chi connectivity index (χ2n) is 3.17. The number of nitrogens with one attached hydrogen (secondary N) is 1. The van der Waals surface area contributed by atoms with Gasteiger partial charge in [-0.3, -0.25) is 9.78 Å². The highest BCUT2D eigenvalue weighted by molar-refractivity contribution is 5.72. The Kier molecular flexibility index (Phi) is 2.18. The first-order valence-electron chi connectivity index (χ1n) is 4.41. The van der Waals surface area contributed by atoms with Gasteiger partial charge in [-0.25, -0.2) is 0 Å². The summed E-state index contributed by atoms with van der Waals surface area (Å²) in [6.45, 7) is 2.08. The lowest BCUT2D eigenvalue weighted by atomic mass is 10.3. The van der Waals surface area contributed by atoms with Crippen LogP contribution in [0, 0.1) is 0 Å². The van der Waals surface area contributed by atoms with Crippen molar-refractivity contribution in [1.82, 2.24) is 14.7 Å². The molecular weight excluding hydrogens is 178 g/mol. The van der Waals surface area contributed by atoms with Gasteiger partial charge in [-0.1, -0.05) is 0 Å². The molecule has 0 aliphatic heterocycles. The monoisotopic (exact) mass is 189 g/mol. The molecule has 72 valence electrons. The van der Waals surface area contributed by atoms with E-state index in [2.05, 4.69) is 10.3 Å². The summed E-state index contributed by atoms with van der Waals surface area (Å²) in [5, 5.41) is 2.75. The van der Waals surface area contributed by atoms with E-state index in [0.717, 1.165) is 11.1 Å². The van der Waals surface area contributed by atoms with Crippen LogP contribution in [0.25, 0.3) is 5.52 Å². The van der Waals surface area contributed by atoms with Crippen LogP contribution in [0.1, 0.15) is 12.5 Å². The van der Waals surface area contributed by atoms with Crippen LogP contribution in [0.5, 0.6) is 0 Å². The molecule has 14 heavy (non-hydrogen) atoms. The second kappa shape index (κ2) is 3.49. The van der Waals surface area contributed by atoms with E-state index in [0.29, 0.717) is 6.54 Å². The van der Waals surface area contributed by atoms with Gasteiger partial charge >= 0.3 is 0 Å². The topological polar surface area (TPSA) is 46.4 Å². The van der Waals surface area contributed by atoms with Crippen LogP contribution in [-0.2, 0) is 11.3 Å². The maximum atomic E-state index is 10.7. The largest absolute Gasteiger partial charge is 0.352 e. The van der Waals surface area contributed by atoms with Crippen molar-refractivity contribution in [1.29, 1.82) is 0 Å². The molecule has 0 radical (unpaired) electrons. The lowest BCUT2D eigenvalue weighted by Gasteiger charge is -1.96. The normalized spacial score (nSPS) is 10.4. The van der Waals surface area contributed by atoms with Gasteiger partial charge in [0.2, 0.25) is 5.91 Å². The Labute approximate surface area is 81.6 Å². The van der Waals surface area contributed by atoms with E-state index in [9.17, 15) is 4.79 Å². The number of rotatable bonds is 2. The van der Waals surface area contributed by atoms with E-state index in [1.807, 2.05) is 22.9 Å². The molecule has 0 atom stereocenters. The molecule has 2 heterocycles. The van der Waals surface area contributed by atoms with E-state index in [1.54, 1.807) is 12.4 Å². The van der Waals surface area contributed by atoms with Crippen molar-refractivity contribution in [2.45, 2.75) is 13.5 Å². The molecule has 0 aromatic carbocycles. The zero-order valence-corrected chi connectivity index (χ0v) is 7.90. The fourth-order valence-electron chi connectivity index (χ4n) is 1.34. The fourth-order valence-corrected chi connectivity index (χ4v) is 1.34. The van der Waals surface area contributed by atoms with E-state index >= 15 is 0 Å². The predicted molar refractivity (Wildman–Crippen MR) is 52.7 cm³/mol. The summed E-state index contributed by atoms with van der Waals surface area (Å²) in [5.41, 5.74) is 2.11. The van der Waals surface area contributed by atoms with Crippen molar-refractivity contribution in [2.75, 3.05) is 0 Å². The molecule has 4 nitrogen and oxygen atoms in total. The van der Waals surface area contributed by atoms with Gasteiger partial charge in [0.05, 0.1) is 11.7 Å². The molecule has 0 spiro atoms. The summed E-state index contributed by atoms with van der Waals surface area (Å²) in [5.74, 6) is -0.0154. The molecule has 2 aromatic rings. The molecule has 0 saturated heterocycles. The molecule has 1 N–H and O–H groups in total.